The summed E-state index contributed by atoms with van der Waals surface area (Å²) < 4.78 is 19.2. The quantitative estimate of drug-likeness (QED) is 0.167. The number of aldehydes is 2. The number of carbonyl (C=O) groups is 6. The third-order valence-electron chi connectivity index (χ3n) is 5.68. The van der Waals surface area contributed by atoms with E-state index in [0.717, 1.165) is 12.8 Å². The van der Waals surface area contributed by atoms with Crippen molar-refractivity contribution in [1.29, 1.82) is 0 Å². The lowest BCUT2D eigenvalue weighted by molar-refractivity contribution is -0.129. The monoisotopic (exact) mass is 532 g/mol. The van der Waals surface area contributed by atoms with Crippen LogP contribution in [0.25, 0.3) is 0 Å². The molecule has 2 N–H and O–H groups in total. The Labute approximate surface area is 218 Å². The molecule has 1 fully saturated rings. The SMILES string of the molecule is [2H]C(=O)CNC(=O)C(CC)CSC1CCC1SCC(CC(=O)CCOCCC(C)=O)C(=O)NCC([2H])=O. The number of Topliss-reactive ketones (excluding diaryl/α,β-unsaturated/α-hetero) is 2. The fourth-order valence-corrected chi connectivity index (χ4v) is 6.72. The molecule has 0 aromatic heterocycles. The fourth-order valence-electron chi connectivity index (χ4n) is 3.32. The van der Waals surface area contributed by atoms with Gasteiger partial charge < -0.3 is 25.0 Å². The van der Waals surface area contributed by atoms with Crippen LogP contribution in [0.5, 0.6) is 0 Å². The molecule has 1 rings (SSSR count). The predicted molar refractivity (Wildman–Crippen MR) is 138 cm³/mol. The van der Waals surface area contributed by atoms with Gasteiger partial charge in [-0.25, -0.2) is 0 Å². The number of ketones is 2. The zero-order valence-corrected chi connectivity index (χ0v) is 22.1. The second-order valence-electron chi connectivity index (χ2n) is 8.40. The standard InChI is InChI=1S/C24H38N2O7S2/c1-3-18(23(31)25-8-10-27)15-34-21-4-5-22(21)35-16-19(24(32)26-9-11-28)14-20(30)7-13-33-12-6-17(2)29/h10-11,18-19,21-22H,3-9,12-16H2,1-2H3,(H,25,31)(H,26,32)/i10D,11D. The Morgan fingerprint density at radius 3 is 1.94 bits per heavy atom. The van der Waals surface area contributed by atoms with Gasteiger partial charge in [-0.1, -0.05) is 6.92 Å². The van der Waals surface area contributed by atoms with Crippen LogP contribution in [0.4, 0.5) is 0 Å². The summed E-state index contributed by atoms with van der Waals surface area (Å²) in [6, 6.07) is 0. The van der Waals surface area contributed by atoms with Crippen LogP contribution in [0, 0.1) is 11.8 Å². The van der Waals surface area contributed by atoms with Gasteiger partial charge in [-0.2, -0.15) is 23.5 Å². The molecular formula is C24H38N2O7S2. The molecule has 0 saturated heterocycles. The van der Waals surface area contributed by atoms with Crippen molar-refractivity contribution in [3.8, 4) is 0 Å². The summed E-state index contributed by atoms with van der Waals surface area (Å²) >= 11 is 3.28. The summed E-state index contributed by atoms with van der Waals surface area (Å²) in [6.07, 6.45) is 1.20. The number of nitrogens with one attached hydrogen (secondary N) is 2. The highest BCUT2D eigenvalue weighted by molar-refractivity contribution is 8.04. The van der Waals surface area contributed by atoms with Crippen molar-refractivity contribution in [1.82, 2.24) is 10.6 Å². The van der Waals surface area contributed by atoms with Gasteiger partial charge in [-0.05, 0) is 26.2 Å². The van der Waals surface area contributed by atoms with E-state index < -0.39 is 30.9 Å². The van der Waals surface area contributed by atoms with Gasteiger partial charge in [0.25, 0.3) is 0 Å². The van der Waals surface area contributed by atoms with E-state index in [0.29, 0.717) is 23.2 Å². The first kappa shape index (κ1) is 27.9. The third kappa shape index (κ3) is 13.2. The number of amides is 2. The average Bonchev–Trinajstić information content (AvgIpc) is 2.81. The van der Waals surface area contributed by atoms with Crippen LogP contribution in [0.1, 0.15) is 55.1 Å². The first-order chi connectivity index (χ1) is 17.5. The van der Waals surface area contributed by atoms with Crippen molar-refractivity contribution >= 4 is 59.4 Å². The van der Waals surface area contributed by atoms with Gasteiger partial charge in [0, 0.05) is 47.2 Å². The van der Waals surface area contributed by atoms with E-state index in [1.54, 1.807) is 23.5 Å². The molecule has 1 aliphatic carbocycles. The Kier molecular flexibility index (Phi) is 14.8. The molecule has 0 aliphatic heterocycles. The zero-order valence-electron chi connectivity index (χ0n) is 22.5. The molecule has 2 amide bonds. The Hall–Kier alpha value is -1.72. The van der Waals surface area contributed by atoms with Gasteiger partial charge in [0.15, 0.2) is 0 Å². The van der Waals surface area contributed by atoms with Crippen LogP contribution in [-0.2, 0) is 33.5 Å². The lowest BCUT2D eigenvalue weighted by Crippen LogP contribution is -2.38. The highest BCUT2D eigenvalue weighted by Crippen LogP contribution is 2.41. The lowest BCUT2D eigenvalue weighted by Gasteiger charge is -2.37. The van der Waals surface area contributed by atoms with E-state index in [-0.39, 0.29) is 67.7 Å². The summed E-state index contributed by atoms with van der Waals surface area (Å²) in [6.45, 7) is 3.08. The average molecular weight is 533 g/mol. The van der Waals surface area contributed by atoms with Crippen molar-refractivity contribution < 1.29 is 36.2 Å². The summed E-state index contributed by atoms with van der Waals surface area (Å²) in [5.41, 5.74) is 0. The topological polar surface area (TPSA) is 136 Å². The van der Waals surface area contributed by atoms with E-state index >= 15 is 0 Å². The molecule has 35 heavy (non-hydrogen) atoms. The van der Waals surface area contributed by atoms with Crippen LogP contribution in [0.15, 0.2) is 0 Å². The van der Waals surface area contributed by atoms with Crippen molar-refractivity contribution in [2.24, 2.45) is 11.8 Å². The van der Waals surface area contributed by atoms with Crippen molar-refractivity contribution in [3.05, 3.63) is 0 Å². The molecule has 1 saturated carbocycles. The maximum atomic E-state index is 12.6. The van der Waals surface area contributed by atoms with E-state index in [1.165, 1.54) is 6.92 Å². The smallest absolute Gasteiger partial charge is 0.224 e. The molecule has 0 heterocycles. The normalized spacial score (nSPS) is 19.4. The molecule has 0 bridgehead atoms. The fraction of sp³-hybridized carbons (Fsp3) is 0.750. The Morgan fingerprint density at radius 1 is 0.943 bits per heavy atom. The highest BCUT2D eigenvalue weighted by Gasteiger charge is 2.34. The molecule has 4 unspecified atom stereocenters. The van der Waals surface area contributed by atoms with Crippen LogP contribution < -0.4 is 10.6 Å². The summed E-state index contributed by atoms with van der Waals surface area (Å²) in [5.74, 6) is -0.733. The Morgan fingerprint density at radius 2 is 1.46 bits per heavy atom. The maximum Gasteiger partial charge on any atom is 0.224 e. The van der Waals surface area contributed by atoms with E-state index in [4.69, 9.17) is 7.48 Å². The number of thioether (sulfide) groups is 2. The highest BCUT2D eigenvalue weighted by atomic mass is 32.2. The Balaban J connectivity index is 2.55. The molecule has 9 nitrogen and oxygen atoms in total. The van der Waals surface area contributed by atoms with E-state index in [2.05, 4.69) is 10.6 Å². The van der Waals surface area contributed by atoms with Gasteiger partial charge in [0.1, 0.15) is 26.8 Å². The summed E-state index contributed by atoms with van der Waals surface area (Å²) in [7, 11) is 0. The van der Waals surface area contributed by atoms with Gasteiger partial charge >= 0.3 is 0 Å². The minimum Gasteiger partial charge on any atom is -0.381 e. The first-order valence-electron chi connectivity index (χ1n) is 12.9. The van der Waals surface area contributed by atoms with Crippen molar-refractivity contribution in [2.45, 2.75) is 62.9 Å². The van der Waals surface area contributed by atoms with E-state index in [9.17, 15) is 28.8 Å². The minimum atomic E-state index is -0.915. The lowest BCUT2D eigenvalue weighted by atomic mass is 9.99. The van der Waals surface area contributed by atoms with Crippen molar-refractivity contribution in [3.63, 3.8) is 0 Å². The van der Waals surface area contributed by atoms with E-state index in [1.807, 2.05) is 6.92 Å². The van der Waals surface area contributed by atoms with Gasteiger partial charge in [0.2, 0.25) is 11.8 Å². The van der Waals surface area contributed by atoms with Crippen LogP contribution in [-0.4, -0.2) is 84.2 Å². The molecule has 0 aromatic rings. The number of rotatable bonds is 21. The second-order valence-corrected chi connectivity index (χ2v) is 10.9. The molecule has 4 atom stereocenters. The molecule has 0 aromatic carbocycles. The first-order valence-corrected chi connectivity index (χ1v) is 14.0. The van der Waals surface area contributed by atoms with Crippen LogP contribution >= 0.6 is 23.5 Å². The maximum absolute atomic E-state index is 12.6. The molecule has 0 radical (unpaired) electrons. The molecule has 11 heteroatoms. The molecule has 198 valence electrons. The van der Waals surface area contributed by atoms with Gasteiger partial charge in [0.05, 0.1) is 32.2 Å². The van der Waals surface area contributed by atoms with Crippen LogP contribution in [0.3, 0.4) is 0 Å². The van der Waals surface area contributed by atoms with Gasteiger partial charge in [-0.3, -0.25) is 19.2 Å². The molecular weight excluding hydrogens is 492 g/mol. The number of hydrogen-bond donors (Lipinski definition) is 2. The zero-order chi connectivity index (χ0) is 27.8. The molecule has 1 aliphatic rings. The third-order valence-corrected chi connectivity index (χ3v) is 9.02. The predicted octanol–water partition coefficient (Wildman–Crippen LogP) is 1.60. The second kappa shape index (κ2) is 18.5. The van der Waals surface area contributed by atoms with Crippen molar-refractivity contribution in [2.75, 3.05) is 37.8 Å². The largest absolute Gasteiger partial charge is 0.381 e. The summed E-state index contributed by atoms with van der Waals surface area (Å²) in [5, 5.41) is 5.48. The summed E-state index contributed by atoms with van der Waals surface area (Å²) in [4.78, 5) is 70.0. The number of ether oxygens (including phenoxy) is 1. The molecule has 0 spiro atoms. The van der Waals surface area contributed by atoms with Gasteiger partial charge in [-0.15, -0.1) is 0 Å². The van der Waals surface area contributed by atoms with Crippen LogP contribution in [0.2, 0.25) is 0 Å². The minimum absolute atomic E-state index is 0.00157. The number of hydrogen-bond acceptors (Lipinski definition) is 9. The Bertz CT molecular complexity index is 816. The number of carbonyl (C=O) groups excluding carboxylic acids is 6.